The highest BCUT2D eigenvalue weighted by Gasteiger charge is 1.99. The van der Waals surface area contributed by atoms with Crippen LogP contribution in [0, 0.1) is 5.82 Å². The van der Waals surface area contributed by atoms with Crippen LogP contribution in [0.1, 0.15) is 5.56 Å². The van der Waals surface area contributed by atoms with Crippen LogP contribution in [-0.2, 0) is 11.3 Å². The second kappa shape index (κ2) is 4.07. The van der Waals surface area contributed by atoms with E-state index in [-0.39, 0.29) is 5.02 Å². The third-order valence-corrected chi connectivity index (χ3v) is 1.64. The zero-order valence-electron chi connectivity index (χ0n) is 6.10. The van der Waals surface area contributed by atoms with Gasteiger partial charge in [-0.2, -0.15) is 0 Å². The van der Waals surface area contributed by atoms with Crippen molar-refractivity contribution in [3.05, 3.63) is 34.6 Å². The molecule has 0 spiro atoms. The van der Waals surface area contributed by atoms with E-state index in [2.05, 4.69) is 5.32 Å². The second-order valence-corrected chi connectivity index (χ2v) is 2.61. The van der Waals surface area contributed by atoms with Gasteiger partial charge in [-0.1, -0.05) is 17.7 Å². The summed E-state index contributed by atoms with van der Waals surface area (Å²) in [7, 11) is 0. The lowest BCUT2D eigenvalue weighted by atomic mass is 10.2. The number of halogens is 2. The first-order chi connectivity index (χ1) is 5.74. The van der Waals surface area contributed by atoms with Gasteiger partial charge in [-0.05, 0) is 17.7 Å². The Kier molecular flexibility index (Phi) is 3.05. The molecule has 0 bridgehead atoms. The highest BCUT2D eigenvalue weighted by molar-refractivity contribution is 6.30. The molecule has 12 heavy (non-hydrogen) atoms. The molecule has 63 valence electrons. The van der Waals surface area contributed by atoms with E-state index in [0.717, 1.165) is 5.56 Å². The molecule has 0 aromatic heterocycles. The van der Waals surface area contributed by atoms with E-state index in [1.807, 2.05) is 0 Å². The minimum absolute atomic E-state index is 0.0557. The monoisotopic (exact) mass is 186 g/mol. The molecule has 1 amide bonds. The Morgan fingerprint density at radius 2 is 2.33 bits per heavy atom. The molecule has 2 nitrogen and oxygen atoms in total. The van der Waals surface area contributed by atoms with Crippen LogP contribution in [0.25, 0.3) is 0 Å². The van der Waals surface area contributed by atoms with E-state index in [4.69, 9.17) is 11.6 Å². The number of carbonyl (C=O) groups excluding carboxylic acids is 1. The molecule has 0 saturated carbocycles. The van der Waals surface area contributed by atoms with Gasteiger partial charge in [0.1, 0.15) is 5.82 Å². The maximum Gasteiger partial charge on any atom is 0.309 e. The fourth-order valence-corrected chi connectivity index (χ4v) is 0.991. The number of hydrogen-bond donors (Lipinski definition) is 1. The van der Waals surface area contributed by atoms with Crippen molar-refractivity contribution in [3.8, 4) is 0 Å². The summed E-state index contributed by atoms with van der Waals surface area (Å²) in [5.74, 6) is -0.463. The molecule has 0 heterocycles. The lowest BCUT2D eigenvalue weighted by Gasteiger charge is -1.99. The Labute approximate surface area is 74.3 Å². The third-order valence-electron chi connectivity index (χ3n) is 1.35. The molecule has 0 atom stereocenters. The second-order valence-electron chi connectivity index (χ2n) is 2.20. The maximum atomic E-state index is 12.6. The topological polar surface area (TPSA) is 29.1 Å². The molecule has 1 aromatic carbocycles. The van der Waals surface area contributed by atoms with E-state index in [9.17, 15) is 9.18 Å². The van der Waals surface area contributed by atoms with Crippen molar-refractivity contribution in [2.75, 3.05) is 0 Å². The van der Waals surface area contributed by atoms with Crippen molar-refractivity contribution in [1.29, 1.82) is 0 Å². The number of nitrogens with one attached hydrogen (secondary N) is 1. The van der Waals surface area contributed by atoms with Crippen molar-refractivity contribution in [3.63, 3.8) is 0 Å². The summed E-state index contributed by atoms with van der Waals surface area (Å²) in [6.07, 6.45) is 1.51. The number of hydrogen-bond acceptors (Lipinski definition) is 1. The highest BCUT2D eigenvalue weighted by atomic mass is 35.5. The molecular formula is C8H6ClFNO. The van der Waals surface area contributed by atoms with Crippen LogP contribution in [0.5, 0.6) is 0 Å². The first-order valence-electron chi connectivity index (χ1n) is 3.28. The first-order valence-corrected chi connectivity index (χ1v) is 3.66. The molecule has 0 aliphatic rings. The Bertz CT molecular complexity index is 290. The predicted molar refractivity (Wildman–Crippen MR) is 43.9 cm³/mol. The Hall–Kier alpha value is -1.09. The van der Waals surface area contributed by atoms with Gasteiger partial charge in [0, 0.05) is 6.54 Å². The van der Waals surface area contributed by atoms with Crippen LogP contribution in [-0.4, -0.2) is 6.41 Å². The summed E-state index contributed by atoms with van der Waals surface area (Å²) in [5.41, 5.74) is 0.741. The van der Waals surface area contributed by atoms with Gasteiger partial charge in [0.25, 0.3) is 0 Å². The third kappa shape index (κ3) is 2.20. The van der Waals surface area contributed by atoms with Crippen molar-refractivity contribution >= 4 is 18.0 Å². The summed E-state index contributed by atoms with van der Waals surface area (Å²) < 4.78 is 12.6. The molecule has 1 rings (SSSR count). The van der Waals surface area contributed by atoms with Crippen molar-refractivity contribution in [2.24, 2.45) is 0 Å². The van der Waals surface area contributed by atoms with Crippen LogP contribution in [0.2, 0.25) is 5.02 Å². The van der Waals surface area contributed by atoms with Crippen molar-refractivity contribution in [2.45, 2.75) is 6.54 Å². The van der Waals surface area contributed by atoms with Gasteiger partial charge in [0.15, 0.2) is 0 Å². The molecule has 1 aromatic rings. The SMILES string of the molecule is O=[C]NCc1ccc(F)c(Cl)c1. The average molecular weight is 187 g/mol. The standard InChI is InChI=1S/C8H6ClFNO/c9-7-3-6(4-11-5-12)1-2-8(7)10/h1-3H,4H2,(H,11,12). The molecular weight excluding hydrogens is 181 g/mol. The van der Waals surface area contributed by atoms with Crippen LogP contribution in [0.3, 0.4) is 0 Å². The van der Waals surface area contributed by atoms with Gasteiger partial charge < -0.3 is 5.32 Å². The summed E-state index contributed by atoms with van der Waals surface area (Å²) in [5, 5.41) is 2.38. The summed E-state index contributed by atoms with van der Waals surface area (Å²) in [4.78, 5) is 9.79. The predicted octanol–water partition coefficient (Wildman–Crippen LogP) is 1.64. The van der Waals surface area contributed by atoms with E-state index < -0.39 is 5.82 Å². The van der Waals surface area contributed by atoms with E-state index in [1.54, 1.807) is 6.07 Å². The minimum atomic E-state index is -0.463. The molecule has 0 unspecified atom stereocenters. The Balaban J connectivity index is 2.75. The zero-order chi connectivity index (χ0) is 8.97. The van der Waals surface area contributed by atoms with Crippen molar-refractivity contribution in [1.82, 2.24) is 5.32 Å². The summed E-state index contributed by atoms with van der Waals surface area (Å²) in [6.45, 7) is 0.309. The number of benzene rings is 1. The van der Waals surface area contributed by atoms with E-state index >= 15 is 0 Å². The fraction of sp³-hybridized carbons (Fsp3) is 0.125. The normalized spacial score (nSPS) is 9.50. The fourth-order valence-electron chi connectivity index (χ4n) is 0.788. The molecule has 1 N–H and O–H groups in total. The number of amides is 1. The van der Waals surface area contributed by atoms with Gasteiger partial charge in [0.2, 0.25) is 0 Å². The van der Waals surface area contributed by atoms with Gasteiger partial charge in [-0.25, -0.2) is 4.39 Å². The quantitative estimate of drug-likeness (QED) is 0.715. The Morgan fingerprint density at radius 1 is 1.58 bits per heavy atom. The molecule has 0 aliphatic carbocycles. The molecule has 1 radical (unpaired) electrons. The lowest BCUT2D eigenvalue weighted by molar-refractivity contribution is 0.542. The molecule has 0 saturated heterocycles. The van der Waals surface area contributed by atoms with E-state index in [0.29, 0.717) is 6.54 Å². The summed E-state index contributed by atoms with van der Waals surface area (Å²) in [6, 6.07) is 4.26. The first kappa shape index (κ1) is 9.00. The van der Waals surface area contributed by atoms with Gasteiger partial charge >= 0.3 is 6.41 Å². The minimum Gasteiger partial charge on any atom is -0.344 e. The smallest absolute Gasteiger partial charge is 0.309 e. The largest absolute Gasteiger partial charge is 0.344 e. The maximum absolute atomic E-state index is 12.6. The highest BCUT2D eigenvalue weighted by Crippen LogP contribution is 2.15. The van der Waals surface area contributed by atoms with Crippen LogP contribution in [0.4, 0.5) is 4.39 Å². The lowest BCUT2D eigenvalue weighted by Crippen LogP contribution is -2.09. The average Bonchev–Trinajstić information content (AvgIpc) is 2.07. The van der Waals surface area contributed by atoms with Crippen LogP contribution < -0.4 is 5.32 Å². The number of rotatable bonds is 3. The van der Waals surface area contributed by atoms with Gasteiger partial charge in [-0.15, -0.1) is 0 Å². The Morgan fingerprint density at radius 3 is 2.92 bits per heavy atom. The van der Waals surface area contributed by atoms with Gasteiger partial charge in [0.05, 0.1) is 5.02 Å². The van der Waals surface area contributed by atoms with Gasteiger partial charge in [-0.3, -0.25) is 4.79 Å². The molecule has 0 fully saturated rings. The summed E-state index contributed by atoms with van der Waals surface area (Å²) >= 11 is 5.49. The zero-order valence-corrected chi connectivity index (χ0v) is 6.86. The van der Waals surface area contributed by atoms with Crippen LogP contribution in [0.15, 0.2) is 18.2 Å². The van der Waals surface area contributed by atoms with E-state index in [1.165, 1.54) is 18.5 Å². The molecule has 4 heteroatoms. The molecule has 0 aliphatic heterocycles. The van der Waals surface area contributed by atoms with Crippen molar-refractivity contribution < 1.29 is 9.18 Å². The van der Waals surface area contributed by atoms with Crippen LogP contribution >= 0.6 is 11.6 Å².